The molecule has 0 fully saturated rings. The number of primary amides is 2. The highest BCUT2D eigenvalue weighted by molar-refractivity contribution is 6.31. The van der Waals surface area contributed by atoms with Crippen molar-refractivity contribution in [2.75, 3.05) is 0 Å². The maximum atomic E-state index is 12.4. The Morgan fingerprint density at radius 2 is 1.50 bits per heavy atom. The van der Waals surface area contributed by atoms with Gasteiger partial charge in [0.25, 0.3) is 0 Å². The van der Waals surface area contributed by atoms with E-state index in [2.05, 4.69) is 4.98 Å². The number of benzene rings is 3. The van der Waals surface area contributed by atoms with Crippen LogP contribution in [0.5, 0.6) is 5.75 Å². The number of nitrogens with zero attached hydrogens (tertiary/aromatic N) is 1. The van der Waals surface area contributed by atoms with Crippen LogP contribution in [0.2, 0.25) is 5.02 Å². The van der Waals surface area contributed by atoms with Gasteiger partial charge in [0.15, 0.2) is 0 Å². The third kappa shape index (κ3) is 5.42. The largest absolute Gasteiger partial charge is 0.487 e. The van der Waals surface area contributed by atoms with Gasteiger partial charge in [0, 0.05) is 10.4 Å². The van der Waals surface area contributed by atoms with Gasteiger partial charge < -0.3 is 16.2 Å². The SMILES string of the molecule is NC(=O)CC(=C(C(N)=O)c1ccc(OCc2ccc3ccccc3n2)cc1)c1ccc(Cl)cc1. The normalized spacial score (nSPS) is 11.7. The molecule has 2 amide bonds. The van der Waals surface area contributed by atoms with Crippen molar-refractivity contribution in [2.45, 2.75) is 13.0 Å². The zero-order valence-corrected chi connectivity index (χ0v) is 19.0. The van der Waals surface area contributed by atoms with Crippen LogP contribution in [-0.2, 0) is 16.2 Å². The monoisotopic (exact) mass is 471 g/mol. The minimum Gasteiger partial charge on any atom is -0.487 e. The molecule has 0 saturated carbocycles. The molecule has 7 heteroatoms. The van der Waals surface area contributed by atoms with E-state index in [9.17, 15) is 9.59 Å². The molecule has 34 heavy (non-hydrogen) atoms. The van der Waals surface area contributed by atoms with Crippen molar-refractivity contribution in [1.29, 1.82) is 0 Å². The average Bonchev–Trinajstić information content (AvgIpc) is 2.83. The molecule has 0 saturated heterocycles. The number of halogens is 1. The quantitative estimate of drug-likeness (QED) is 0.286. The second-order valence-corrected chi connectivity index (χ2v) is 8.11. The van der Waals surface area contributed by atoms with Gasteiger partial charge in [-0.2, -0.15) is 0 Å². The van der Waals surface area contributed by atoms with E-state index >= 15 is 0 Å². The fourth-order valence-electron chi connectivity index (χ4n) is 3.69. The second kappa shape index (κ2) is 10.2. The number of para-hydroxylation sites is 1. The zero-order chi connectivity index (χ0) is 24.1. The Morgan fingerprint density at radius 3 is 2.18 bits per heavy atom. The van der Waals surface area contributed by atoms with Gasteiger partial charge in [0.05, 0.1) is 23.2 Å². The molecule has 170 valence electrons. The fourth-order valence-corrected chi connectivity index (χ4v) is 3.82. The molecule has 3 aromatic carbocycles. The van der Waals surface area contributed by atoms with Gasteiger partial charge in [-0.3, -0.25) is 9.59 Å². The molecule has 0 bridgehead atoms. The predicted molar refractivity (Wildman–Crippen MR) is 134 cm³/mol. The first-order valence-corrected chi connectivity index (χ1v) is 10.9. The maximum absolute atomic E-state index is 12.4. The van der Waals surface area contributed by atoms with Crippen molar-refractivity contribution in [2.24, 2.45) is 11.5 Å². The van der Waals surface area contributed by atoms with E-state index in [0.29, 0.717) is 34.1 Å². The lowest BCUT2D eigenvalue weighted by Crippen LogP contribution is -2.18. The van der Waals surface area contributed by atoms with Crippen molar-refractivity contribution in [3.63, 3.8) is 0 Å². The van der Waals surface area contributed by atoms with Crippen molar-refractivity contribution in [1.82, 2.24) is 4.98 Å². The van der Waals surface area contributed by atoms with Gasteiger partial charge in [-0.15, -0.1) is 0 Å². The Morgan fingerprint density at radius 1 is 0.824 bits per heavy atom. The molecular formula is C27H22ClN3O3. The summed E-state index contributed by atoms with van der Waals surface area (Å²) in [5, 5.41) is 1.60. The Hall–Kier alpha value is -4.16. The van der Waals surface area contributed by atoms with Crippen molar-refractivity contribution in [3.05, 3.63) is 107 Å². The molecule has 4 N–H and O–H groups in total. The smallest absolute Gasteiger partial charge is 0.249 e. The first-order chi connectivity index (χ1) is 16.4. The van der Waals surface area contributed by atoms with E-state index in [0.717, 1.165) is 16.6 Å². The van der Waals surface area contributed by atoms with Crippen LogP contribution in [0.4, 0.5) is 0 Å². The van der Waals surface area contributed by atoms with Crippen LogP contribution < -0.4 is 16.2 Å². The molecule has 1 aromatic heterocycles. The van der Waals surface area contributed by atoms with E-state index in [-0.39, 0.29) is 12.0 Å². The topological polar surface area (TPSA) is 108 Å². The first-order valence-electron chi connectivity index (χ1n) is 10.6. The standard InChI is InChI=1S/C27H22ClN3O3/c28-20-10-5-17(6-11-20)23(15-25(29)32)26(27(30)33)19-8-13-22(14-9-19)34-16-21-12-7-18-3-1-2-4-24(18)31-21/h1-14H,15-16H2,(H2,29,32)(H2,30,33). The summed E-state index contributed by atoms with van der Waals surface area (Å²) in [5.41, 5.74) is 14.7. The van der Waals surface area contributed by atoms with Crippen LogP contribution in [0.25, 0.3) is 22.0 Å². The zero-order valence-electron chi connectivity index (χ0n) is 18.2. The molecule has 0 unspecified atom stereocenters. The molecule has 0 aliphatic carbocycles. The van der Waals surface area contributed by atoms with Crippen LogP contribution in [-0.4, -0.2) is 16.8 Å². The first kappa shape index (κ1) is 23.0. The minimum atomic E-state index is -0.666. The van der Waals surface area contributed by atoms with Gasteiger partial charge in [-0.05, 0) is 53.1 Å². The second-order valence-electron chi connectivity index (χ2n) is 7.68. The number of aromatic nitrogens is 1. The van der Waals surface area contributed by atoms with Gasteiger partial charge in [0.2, 0.25) is 11.8 Å². The molecule has 4 rings (SSSR count). The Labute approximate surface area is 201 Å². The number of pyridine rings is 1. The summed E-state index contributed by atoms with van der Waals surface area (Å²) in [5.74, 6) is -0.641. The molecule has 0 radical (unpaired) electrons. The highest BCUT2D eigenvalue weighted by Gasteiger charge is 2.19. The Bertz CT molecular complexity index is 1380. The average molecular weight is 472 g/mol. The minimum absolute atomic E-state index is 0.147. The molecule has 4 aromatic rings. The van der Waals surface area contributed by atoms with E-state index in [1.54, 1.807) is 48.5 Å². The number of hydrogen-bond acceptors (Lipinski definition) is 4. The third-order valence-electron chi connectivity index (χ3n) is 5.28. The molecule has 6 nitrogen and oxygen atoms in total. The summed E-state index contributed by atoms with van der Waals surface area (Å²) in [6, 6.07) is 25.5. The van der Waals surface area contributed by atoms with Crippen molar-refractivity contribution in [3.8, 4) is 5.75 Å². The van der Waals surface area contributed by atoms with E-state index in [4.69, 9.17) is 27.8 Å². The molecule has 0 aliphatic heterocycles. The Kier molecular flexibility index (Phi) is 6.90. The highest BCUT2D eigenvalue weighted by atomic mass is 35.5. The van der Waals surface area contributed by atoms with E-state index < -0.39 is 11.8 Å². The van der Waals surface area contributed by atoms with Crippen molar-refractivity contribution < 1.29 is 14.3 Å². The number of ether oxygens (including phenoxy) is 1. The van der Waals surface area contributed by atoms with Gasteiger partial charge in [-0.1, -0.05) is 60.1 Å². The number of nitrogens with two attached hydrogens (primary N) is 2. The number of carbonyl (C=O) groups excluding carboxylic acids is 2. The van der Waals surface area contributed by atoms with Crippen molar-refractivity contribution >= 4 is 45.5 Å². The summed E-state index contributed by atoms with van der Waals surface area (Å²) in [6.45, 7) is 0.292. The summed E-state index contributed by atoms with van der Waals surface area (Å²) in [4.78, 5) is 28.8. The number of amides is 2. The Balaban J connectivity index is 1.60. The molecule has 0 atom stereocenters. The number of carbonyl (C=O) groups is 2. The van der Waals surface area contributed by atoms with Crippen LogP contribution in [0.1, 0.15) is 23.2 Å². The van der Waals surface area contributed by atoms with Crippen LogP contribution in [0.15, 0.2) is 84.9 Å². The third-order valence-corrected chi connectivity index (χ3v) is 5.53. The lowest BCUT2D eigenvalue weighted by atomic mass is 9.91. The fraction of sp³-hybridized carbons (Fsp3) is 0.0741. The lowest BCUT2D eigenvalue weighted by Gasteiger charge is -2.14. The molecule has 1 heterocycles. The highest BCUT2D eigenvalue weighted by Crippen LogP contribution is 2.31. The van der Waals surface area contributed by atoms with Crippen LogP contribution in [0.3, 0.4) is 0 Å². The summed E-state index contributed by atoms with van der Waals surface area (Å²) in [6.07, 6.45) is -0.147. The number of fused-ring (bicyclic) bond motifs is 1. The summed E-state index contributed by atoms with van der Waals surface area (Å²) in [7, 11) is 0. The molecular weight excluding hydrogens is 450 g/mol. The van der Waals surface area contributed by atoms with E-state index in [1.165, 1.54) is 0 Å². The predicted octanol–water partition coefficient (Wildman–Crippen LogP) is 4.74. The van der Waals surface area contributed by atoms with Gasteiger partial charge >= 0.3 is 0 Å². The summed E-state index contributed by atoms with van der Waals surface area (Å²) < 4.78 is 5.88. The number of hydrogen-bond donors (Lipinski definition) is 2. The van der Waals surface area contributed by atoms with E-state index in [1.807, 2.05) is 36.4 Å². The number of rotatable bonds is 8. The van der Waals surface area contributed by atoms with Crippen LogP contribution >= 0.6 is 11.6 Å². The van der Waals surface area contributed by atoms with Gasteiger partial charge in [-0.25, -0.2) is 4.98 Å². The molecule has 0 spiro atoms. The maximum Gasteiger partial charge on any atom is 0.249 e. The lowest BCUT2D eigenvalue weighted by molar-refractivity contribution is -0.117. The van der Waals surface area contributed by atoms with Crippen LogP contribution in [0, 0.1) is 0 Å². The summed E-state index contributed by atoms with van der Waals surface area (Å²) >= 11 is 5.98. The molecule has 0 aliphatic rings. The van der Waals surface area contributed by atoms with Gasteiger partial charge in [0.1, 0.15) is 12.4 Å².